The van der Waals surface area contributed by atoms with Crippen LogP contribution in [-0.4, -0.2) is 38.4 Å². The highest BCUT2D eigenvalue weighted by Gasteiger charge is 2.22. The molecule has 0 unspecified atom stereocenters. The lowest BCUT2D eigenvalue weighted by Crippen LogP contribution is -2.25. The maximum Gasteiger partial charge on any atom is 0.338 e. The van der Waals surface area contributed by atoms with Gasteiger partial charge in [-0.25, -0.2) is 22.3 Å². The monoisotopic (exact) mass is 451 g/mol. The van der Waals surface area contributed by atoms with Gasteiger partial charge in [0.15, 0.2) is 6.61 Å². The molecule has 2 rings (SSSR count). The Morgan fingerprint density at radius 1 is 1.29 bits per heavy atom. The number of hydrogen-bond acceptors (Lipinski definition) is 7. The summed E-state index contributed by atoms with van der Waals surface area (Å²) < 4.78 is 45.0. The summed E-state index contributed by atoms with van der Waals surface area (Å²) in [7, 11) is -4.24. The van der Waals surface area contributed by atoms with Crippen LogP contribution in [0.3, 0.4) is 0 Å². The summed E-state index contributed by atoms with van der Waals surface area (Å²) in [6.45, 7) is 3.89. The summed E-state index contributed by atoms with van der Waals surface area (Å²) >= 11 is 0. The van der Waals surface area contributed by atoms with Gasteiger partial charge in [0.25, 0.3) is 11.6 Å². The van der Waals surface area contributed by atoms with Crippen LogP contribution in [0.1, 0.15) is 15.9 Å². The van der Waals surface area contributed by atoms with Crippen molar-refractivity contribution in [3.05, 3.63) is 76.1 Å². The summed E-state index contributed by atoms with van der Waals surface area (Å²) in [5, 5.41) is 13.3. The number of amides is 1. The van der Waals surface area contributed by atoms with Crippen LogP contribution in [-0.2, 0) is 19.6 Å². The zero-order valence-electron chi connectivity index (χ0n) is 16.3. The van der Waals surface area contributed by atoms with E-state index in [1.165, 1.54) is 31.2 Å². The van der Waals surface area contributed by atoms with E-state index in [0.29, 0.717) is 0 Å². The van der Waals surface area contributed by atoms with Crippen molar-refractivity contribution in [2.75, 3.05) is 18.5 Å². The molecule has 0 atom stereocenters. The molecule has 0 bridgehead atoms. The Labute approximate surface area is 176 Å². The van der Waals surface area contributed by atoms with Crippen molar-refractivity contribution in [1.82, 2.24) is 4.72 Å². The summed E-state index contributed by atoms with van der Waals surface area (Å²) in [6, 6.07) is 6.67. The summed E-state index contributed by atoms with van der Waals surface area (Å²) in [4.78, 5) is 33.8. The lowest BCUT2D eigenvalue weighted by Gasteiger charge is -2.10. The van der Waals surface area contributed by atoms with Gasteiger partial charge in [0.1, 0.15) is 10.7 Å². The number of carbonyl (C=O) groups is 2. The molecule has 0 fully saturated rings. The van der Waals surface area contributed by atoms with Crippen molar-refractivity contribution in [3.8, 4) is 0 Å². The standard InChI is InChI=1S/C19H18FN3O7S/c1-3-9-21-31(28,29)17-10-13(7-8-14(17)20)19(25)30-11-18(24)22-15-5-4-6-16(12(15)2)23(26)27/h3-8,10,21H,1,9,11H2,2H3,(H,22,24). The van der Waals surface area contributed by atoms with Gasteiger partial charge in [0.05, 0.1) is 21.7 Å². The van der Waals surface area contributed by atoms with Gasteiger partial charge in [-0.05, 0) is 31.2 Å². The molecule has 0 aromatic heterocycles. The Kier molecular flexibility index (Phi) is 7.56. The second-order valence-corrected chi connectivity index (χ2v) is 7.85. The molecule has 0 aliphatic carbocycles. The predicted octanol–water partition coefficient (Wildman–Crippen LogP) is 2.30. The number of carbonyl (C=O) groups excluding carboxylic acids is 2. The minimum Gasteiger partial charge on any atom is -0.452 e. The minimum absolute atomic E-state index is 0.145. The number of rotatable bonds is 9. The van der Waals surface area contributed by atoms with Crippen molar-refractivity contribution in [2.45, 2.75) is 11.8 Å². The topological polar surface area (TPSA) is 145 Å². The van der Waals surface area contributed by atoms with Gasteiger partial charge in [-0.2, -0.15) is 0 Å². The number of benzene rings is 2. The number of esters is 1. The number of sulfonamides is 1. The fraction of sp³-hybridized carbons (Fsp3) is 0.158. The van der Waals surface area contributed by atoms with Gasteiger partial charge in [0.2, 0.25) is 10.0 Å². The highest BCUT2D eigenvalue weighted by atomic mass is 32.2. The number of anilines is 1. The molecule has 0 saturated carbocycles. The zero-order valence-corrected chi connectivity index (χ0v) is 17.1. The van der Waals surface area contributed by atoms with Crippen LogP contribution in [0.2, 0.25) is 0 Å². The fourth-order valence-corrected chi connectivity index (χ4v) is 3.54. The molecule has 164 valence electrons. The largest absolute Gasteiger partial charge is 0.452 e. The first-order valence-electron chi connectivity index (χ1n) is 8.68. The molecule has 0 spiro atoms. The third-order valence-electron chi connectivity index (χ3n) is 3.98. The van der Waals surface area contributed by atoms with Crippen LogP contribution in [0.25, 0.3) is 0 Å². The van der Waals surface area contributed by atoms with Gasteiger partial charge < -0.3 is 10.1 Å². The molecule has 12 heteroatoms. The predicted molar refractivity (Wildman–Crippen MR) is 109 cm³/mol. The number of nitrogens with zero attached hydrogens (tertiary/aromatic N) is 1. The molecule has 0 aliphatic heterocycles. The van der Waals surface area contributed by atoms with E-state index in [-0.39, 0.29) is 29.0 Å². The summed E-state index contributed by atoms with van der Waals surface area (Å²) in [6.07, 6.45) is 1.26. The lowest BCUT2D eigenvalue weighted by molar-refractivity contribution is -0.385. The lowest BCUT2D eigenvalue weighted by atomic mass is 10.1. The van der Waals surface area contributed by atoms with Crippen LogP contribution in [0.15, 0.2) is 53.9 Å². The maximum absolute atomic E-state index is 13.9. The average molecular weight is 451 g/mol. The number of hydrogen-bond donors (Lipinski definition) is 2. The minimum atomic E-state index is -4.24. The van der Waals surface area contributed by atoms with E-state index in [1.807, 2.05) is 0 Å². The third-order valence-corrected chi connectivity index (χ3v) is 5.42. The highest BCUT2D eigenvalue weighted by Crippen LogP contribution is 2.25. The van der Waals surface area contributed by atoms with E-state index in [4.69, 9.17) is 4.74 Å². The van der Waals surface area contributed by atoms with E-state index in [1.54, 1.807) is 0 Å². The normalized spacial score (nSPS) is 10.9. The van der Waals surface area contributed by atoms with Gasteiger partial charge in [-0.1, -0.05) is 12.1 Å². The zero-order chi connectivity index (χ0) is 23.2. The Morgan fingerprint density at radius 3 is 2.65 bits per heavy atom. The first-order valence-corrected chi connectivity index (χ1v) is 10.2. The van der Waals surface area contributed by atoms with E-state index >= 15 is 0 Å². The smallest absolute Gasteiger partial charge is 0.338 e. The van der Waals surface area contributed by atoms with Crippen LogP contribution in [0.4, 0.5) is 15.8 Å². The second kappa shape index (κ2) is 9.91. The summed E-state index contributed by atoms with van der Waals surface area (Å²) in [5.74, 6) is -2.92. The van der Waals surface area contributed by atoms with Crippen molar-refractivity contribution in [2.24, 2.45) is 0 Å². The molecular formula is C19H18FN3O7S. The second-order valence-electron chi connectivity index (χ2n) is 6.12. The number of nitrogens with one attached hydrogen (secondary N) is 2. The van der Waals surface area contributed by atoms with Crippen LogP contribution >= 0.6 is 0 Å². The molecule has 2 aromatic rings. The van der Waals surface area contributed by atoms with Crippen LogP contribution < -0.4 is 10.0 Å². The van der Waals surface area contributed by atoms with Crippen molar-refractivity contribution in [3.63, 3.8) is 0 Å². The molecule has 10 nitrogen and oxygen atoms in total. The van der Waals surface area contributed by atoms with E-state index in [9.17, 15) is 32.5 Å². The van der Waals surface area contributed by atoms with Gasteiger partial charge in [0, 0.05) is 12.6 Å². The molecule has 0 heterocycles. The molecule has 1 amide bonds. The number of nitro benzene ring substituents is 1. The van der Waals surface area contributed by atoms with E-state index in [0.717, 1.165) is 18.2 Å². The summed E-state index contributed by atoms with van der Waals surface area (Å²) in [5.41, 5.74) is -0.106. The molecule has 0 saturated heterocycles. The molecular weight excluding hydrogens is 433 g/mol. The molecule has 0 aliphatic rings. The quantitative estimate of drug-likeness (QED) is 0.257. The maximum atomic E-state index is 13.9. The highest BCUT2D eigenvalue weighted by molar-refractivity contribution is 7.89. The Morgan fingerprint density at radius 2 is 2.00 bits per heavy atom. The van der Waals surface area contributed by atoms with Crippen LogP contribution in [0, 0.1) is 22.9 Å². The Bertz CT molecular complexity index is 1150. The Balaban J connectivity index is 2.09. The first-order chi connectivity index (χ1) is 14.6. The first kappa shape index (κ1) is 23.6. The van der Waals surface area contributed by atoms with E-state index in [2.05, 4.69) is 16.6 Å². The third kappa shape index (κ3) is 5.93. The number of nitro groups is 1. The van der Waals surface area contributed by atoms with Gasteiger partial charge >= 0.3 is 5.97 Å². The van der Waals surface area contributed by atoms with Gasteiger partial charge in [-0.3, -0.25) is 14.9 Å². The van der Waals surface area contributed by atoms with Gasteiger partial charge in [-0.15, -0.1) is 6.58 Å². The molecule has 2 aromatic carbocycles. The van der Waals surface area contributed by atoms with E-state index < -0.39 is 44.1 Å². The average Bonchev–Trinajstić information content (AvgIpc) is 2.72. The van der Waals surface area contributed by atoms with Crippen molar-refractivity contribution >= 4 is 33.3 Å². The van der Waals surface area contributed by atoms with Crippen LogP contribution in [0.5, 0.6) is 0 Å². The molecule has 2 N–H and O–H groups in total. The Hall–Kier alpha value is -3.64. The molecule has 31 heavy (non-hydrogen) atoms. The number of halogens is 1. The van der Waals surface area contributed by atoms with Crippen molar-refractivity contribution in [1.29, 1.82) is 0 Å². The molecule has 0 radical (unpaired) electrons. The SMILES string of the molecule is C=CCNS(=O)(=O)c1cc(C(=O)OCC(=O)Nc2cccc([N+](=O)[O-])c2C)ccc1F. The number of ether oxygens (including phenoxy) is 1. The van der Waals surface area contributed by atoms with Crippen molar-refractivity contribution < 1.29 is 32.1 Å². The fourth-order valence-electron chi connectivity index (χ4n) is 2.44.